The zero-order valence-corrected chi connectivity index (χ0v) is 13.2. The number of para-hydroxylation sites is 1. The highest BCUT2D eigenvalue weighted by Crippen LogP contribution is 2.24. The molecule has 1 aliphatic rings. The molecule has 0 unspecified atom stereocenters. The maximum atomic E-state index is 12.5. The van der Waals surface area contributed by atoms with E-state index in [0.29, 0.717) is 11.4 Å². The van der Waals surface area contributed by atoms with E-state index in [1.54, 1.807) is 4.90 Å². The molecule has 1 aromatic carbocycles. The summed E-state index contributed by atoms with van der Waals surface area (Å²) < 4.78 is 0. The Morgan fingerprint density at radius 2 is 2.05 bits per heavy atom. The molecule has 1 aromatic heterocycles. The number of hydrogen-bond donors (Lipinski definition) is 1. The van der Waals surface area contributed by atoms with Gasteiger partial charge in [-0.3, -0.25) is 9.59 Å². The van der Waals surface area contributed by atoms with Gasteiger partial charge in [0.05, 0.1) is 4.88 Å². The van der Waals surface area contributed by atoms with Crippen LogP contribution < -0.4 is 5.32 Å². The minimum atomic E-state index is -0.380. The number of anilines is 1. The fraction of sp³-hybridized carbons (Fsp3) is 0.294. The van der Waals surface area contributed by atoms with Gasteiger partial charge in [-0.15, -0.1) is 11.3 Å². The third kappa shape index (κ3) is 2.90. The van der Waals surface area contributed by atoms with Crippen LogP contribution >= 0.6 is 11.3 Å². The van der Waals surface area contributed by atoms with E-state index < -0.39 is 0 Å². The summed E-state index contributed by atoms with van der Waals surface area (Å²) in [4.78, 5) is 27.4. The lowest BCUT2D eigenvalue weighted by Crippen LogP contribution is -2.43. The van der Waals surface area contributed by atoms with E-state index in [1.807, 2.05) is 48.7 Å². The number of aryl methyl sites for hydroxylation is 1. The maximum Gasteiger partial charge on any atom is 0.264 e. The van der Waals surface area contributed by atoms with Gasteiger partial charge in [0.2, 0.25) is 5.91 Å². The number of nitrogens with zero attached hydrogens (tertiary/aromatic N) is 1. The Morgan fingerprint density at radius 3 is 2.77 bits per heavy atom. The molecule has 1 atom stereocenters. The van der Waals surface area contributed by atoms with Crippen molar-refractivity contribution in [2.75, 3.05) is 11.9 Å². The molecule has 0 bridgehead atoms. The summed E-state index contributed by atoms with van der Waals surface area (Å²) >= 11 is 1.42. The van der Waals surface area contributed by atoms with Crippen LogP contribution in [-0.2, 0) is 4.79 Å². The minimum absolute atomic E-state index is 0.0440. The molecule has 1 fully saturated rings. The molecule has 0 radical (unpaired) electrons. The zero-order chi connectivity index (χ0) is 15.5. The minimum Gasteiger partial charge on any atom is -0.326 e. The first-order chi connectivity index (χ1) is 10.7. The molecule has 22 heavy (non-hydrogen) atoms. The molecule has 2 amide bonds. The topological polar surface area (TPSA) is 49.4 Å². The predicted molar refractivity (Wildman–Crippen MR) is 88.2 cm³/mol. The molecule has 114 valence electrons. The Bertz CT molecular complexity index is 682. The van der Waals surface area contributed by atoms with Gasteiger partial charge in [-0.1, -0.05) is 24.3 Å². The number of benzene rings is 1. The summed E-state index contributed by atoms with van der Waals surface area (Å²) in [6, 6.07) is 11.0. The zero-order valence-electron chi connectivity index (χ0n) is 12.4. The van der Waals surface area contributed by atoms with E-state index in [0.717, 1.165) is 24.1 Å². The van der Waals surface area contributed by atoms with Crippen LogP contribution in [0.2, 0.25) is 0 Å². The van der Waals surface area contributed by atoms with E-state index in [4.69, 9.17) is 0 Å². The van der Waals surface area contributed by atoms with E-state index in [1.165, 1.54) is 11.3 Å². The lowest BCUT2D eigenvalue weighted by atomic mass is 10.1. The molecular weight excluding hydrogens is 296 g/mol. The summed E-state index contributed by atoms with van der Waals surface area (Å²) in [6.45, 7) is 2.60. The Morgan fingerprint density at radius 1 is 1.23 bits per heavy atom. The summed E-state index contributed by atoms with van der Waals surface area (Å²) in [5.74, 6) is -0.144. The van der Waals surface area contributed by atoms with Gasteiger partial charge in [0.15, 0.2) is 0 Å². The van der Waals surface area contributed by atoms with Crippen molar-refractivity contribution < 1.29 is 9.59 Å². The normalized spacial score (nSPS) is 17.5. The number of likely N-dealkylation sites (tertiary alicyclic amines) is 1. The average Bonchev–Trinajstić information content (AvgIpc) is 3.20. The summed E-state index contributed by atoms with van der Waals surface area (Å²) in [5.41, 5.74) is 1.83. The van der Waals surface area contributed by atoms with Crippen LogP contribution in [0.15, 0.2) is 41.8 Å². The van der Waals surface area contributed by atoms with Gasteiger partial charge in [-0.2, -0.15) is 0 Å². The predicted octanol–water partition coefficient (Wildman–Crippen LogP) is 3.30. The van der Waals surface area contributed by atoms with Crippen molar-refractivity contribution in [2.24, 2.45) is 0 Å². The summed E-state index contributed by atoms with van der Waals surface area (Å²) in [6.07, 6.45) is 1.58. The highest BCUT2D eigenvalue weighted by Gasteiger charge is 2.34. The molecular formula is C17H18N2O2S. The molecule has 1 aliphatic heterocycles. The van der Waals surface area contributed by atoms with Crippen LogP contribution in [0.4, 0.5) is 5.69 Å². The van der Waals surface area contributed by atoms with Crippen LogP contribution in [0.3, 0.4) is 0 Å². The third-order valence-corrected chi connectivity index (χ3v) is 4.81. The second kappa shape index (κ2) is 6.32. The Balaban J connectivity index is 1.74. The van der Waals surface area contributed by atoms with Gasteiger partial charge in [0.25, 0.3) is 5.91 Å². The summed E-state index contributed by atoms with van der Waals surface area (Å²) in [7, 11) is 0. The fourth-order valence-electron chi connectivity index (χ4n) is 2.75. The molecule has 0 aliphatic carbocycles. The second-order valence-corrected chi connectivity index (χ2v) is 6.39. The first-order valence-corrected chi connectivity index (χ1v) is 8.26. The summed E-state index contributed by atoms with van der Waals surface area (Å²) in [5, 5.41) is 4.83. The fourth-order valence-corrected chi connectivity index (χ4v) is 3.43. The monoisotopic (exact) mass is 314 g/mol. The van der Waals surface area contributed by atoms with Crippen molar-refractivity contribution in [1.29, 1.82) is 0 Å². The van der Waals surface area contributed by atoms with Crippen molar-refractivity contribution in [3.05, 3.63) is 52.2 Å². The van der Waals surface area contributed by atoms with E-state index >= 15 is 0 Å². The smallest absolute Gasteiger partial charge is 0.264 e. The molecule has 2 aromatic rings. The molecule has 1 N–H and O–H groups in total. The van der Waals surface area contributed by atoms with Gasteiger partial charge >= 0.3 is 0 Å². The first-order valence-electron chi connectivity index (χ1n) is 7.38. The van der Waals surface area contributed by atoms with Gasteiger partial charge in [0.1, 0.15) is 6.04 Å². The Labute approximate surface area is 133 Å². The van der Waals surface area contributed by atoms with E-state index in [-0.39, 0.29) is 17.9 Å². The SMILES string of the molecule is Cc1ccccc1NC(=O)[C@@H]1CCCN1C(=O)c1cccs1. The third-order valence-electron chi connectivity index (χ3n) is 3.95. The Kier molecular flexibility index (Phi) is 4.24. The van der Waals surface area contributed by atoms with Crippen LogP contribution in [0.1, 0.15) is 28.1 Å². The highest BCUT2D eigenvalue weighted by atomic mass is 32.1. The van der Waals surface area contributed by atoms with Gasteiger partial charge in [-0.25, -0.2) is 0 Å². The molecule has 2 heterocycles. The lowest BCUT2D eigenvalue weighted by molar-refractivity contribution is -0.119. The van der Waals surface area contributed by atoms with E-state index in [2.05, 4.69) is 5.32 Å². The molecule has 0 spiro atoms. The Hall–Kier alpha value is -2.14. The van der Waals surface area contributed by atoms with Crippen molar-refractivity contribution in [1.82, 2.24) is 4.90 Å². The van der Waals surface area contributed by atoms with Crippen LogP contribution in [0, 0.1) is 6.92 Å². The molecule has 0 saturated carbocycles. The largest absolute Gasteiger partial charge is 0.326 e. The maximum absolute atomic E-state index is 12.5. The number of amides is 2. The van der Waals surface area contributed by atoms with Crippen LogP contribution in [0.25, 0.3) is 0 Å². The van der Waals surface area contributed by atoms with Gasteiger partial charge in [0, 0.05) is 12.2 Å². The van der Waals surface area contributed by atoms with Crippen molar-refractivity contribution in [3.63, 3.8) is 0 Å². The van der Waals surface area contributed by atoms with Crippen molar-refractivity contribution in [2.45, 2.75) is 25.8 Å². The quantitative estimate of drug-likeness (QED) is 0.945. The first kappa shape index (κ1) is 14.8. The van der Waals surface area contributed by atoms with Crippen LogP contribution in [0.5, 0.6) is 0 Å². The molecule has 3 rings (SSSR count). The lowest BCUT2D eigenvalue weighted by Gasteiger charge is -2.23. The molecule has 1 saturated heterocycles. The number of carbonyl (C=O) groups excluding carboxylic acids is 2. The standard InChI is InChI=1S/C17H18N2O2S/c1-12-6-2-3-7-13(12)18-16(20)14-8-4-10-19(14)17(21)15-9-5-11-22-15/h2-3,5-7,9,11,14H,4,8,10H2,1H3,(H,18,20)/t14-/m0/s1. The van der Waals surface area contributed by atoms with Crippen LogP contribution in [-0.4, -0.2) is 29.3 Å². The molecule has 4 nitrogen and oxygen atoms in total. The number of rotatable bonds is 3. The number of carbonyl (C=O) groups is 2. The molecule has 5 heteroatoms. The number of nitrogens with one attached hydrogen (secondary N) is 1. The highest BCUT2D eigenvalue weighted by molar-refractivity contribution is 7.12. The van der Waals surface area contributed by atoms with Crippen molar-refractivity contribution >= 4 is 28.8 Å². The van der Waals surface area contributed by atoms with Gasteiger partial charge < -0.3 is 10.2 Å². The average molecular weight is 314 g/mol. The van der Waals surface area contributed by atoms with E-state index in [9.17, 15) is 9.59 Å². The van der Waals surface area contributed by atoms with Crippen molar-refractivity contribution in [3.8, 4) is 0 Å². The number of thiophene rings is 1. The van der Waals surface area contributed by atoms with Gasteiger partial charge in [-0.05, 0) is 42.8 Å². The second-order valence-electron chi connectivity index (χ2n) is 5.44. The number of hydrogen-bond acceptors (Lipinski definition) is 3.